The van der Waals surface area contributed by atoms with Crippen molar-refractivity contribution in [2.24, 2.45) is 5.73 Å². The Bertz CT molecular complexity index is 586. The van der Waals surface area contributed by atoms with Gasteiger partial charge in [-0.1, -0.05) is 30.1 Å². The van der Waals surface area contributed by atoms with Crippen molar-refractivity contribution in [3.05, 3.63) is 41.5 Å². The number of nitrogens with two attached hydrogens (primary N) is 1. The van der Waals surface area contributed by atoms with Crippen LogP contribution in [0.5, 0.6) is 5.75 Å². The van der Waals surface area contributed by atoms with Crippen LogP contribution < -0.4 is 10.5 Å². The van der Waals surface area contributed by atoms with Gasteiger partial charge in [-0.2, -0.15) is 4.98 Å². The number of benzene rings is 1. The van der Waals surface area contributed by atoms with Gasteiger partial charge in [-0.15, -0.1) is 0 Å². The number of ether oxygens (including phenoxy) is 1. The van der Waals surface area contributed by atoms with E-state index >= 15 is 0 Å². The summed E-state index contributed by atoms with van der Waals surface area (Å²) < 4.78 is 10.5. The Morgan fingerprint density at radius 2 is 1.90 bits per heavy atom. The van der Waals surface area contributed by atoms with E-state index in [0.29, 0.717) is 11.7 Å². The van der Waals surface area contributed by atoms with Crippen LogP contribution in [0.2, 0.25) is 0 Å². The number of aryl methyl sites for hydroxylation is 2. The van der Waals surface area contributed by atoms with E-state index < -0.39 is 0 Å². The minimum Gasteiger partial charge on any atom is -0.497 e. The van der Waals surface area contributed by atoms with Crippen molar-refractivity contribution in [2.45, 2.75) is 44.1 Å². The first-order valence-electron chi connectivity index (χ1n) is 7.44. The molecule has 0 spiro atoms. The van der Waals surface area contributed by atoms with Gasteiger partial charge in [0.15, 0.2) is 5.82 Å². The molecule has 1 fully saturated rings. The molecule has 0 saturated heterocycles. The van der Waals surface area contributed by atoms with Crippen LogP contribution in [0.15, 0.2) is 28.8 Å². The van der Waals surface area contributed by atoms with E-state index in [0.717, 1.165) is 44.3 Å². The maximum Gasteiger partial charge on any atom is 0.227 e. The first kappa shape index (κ1) is 14.1. The Balaban J connectivity index is 1.61. The first-order chi connectivity index (χ1) is 10.2. The molecule has 2 aromatic rings. The summed E-state index contributed by atoms with van der Waals surface area (Å²) in [4.78, 5) is 4.49. The van der Waals surface area contributed by atoms with Gasteiger partial charge in [-0.25, -0.2) is 0 Å². The van der Waals surface area contributed by atoms with E-state index in [1.807, 2.05) is 12.1 Å². The Morgan fingerprint density at radius 3 is 2.57 bits per heavy atom. The lowest BCUT2D eigenvalue weighted by molar-refractivity contribution is 0.348. The van der Waals surface area contributed by atoms with Crippen LogP contribution in [0.3, 0.4) is 0 Å². The fourth-order valence-corrected chi connectivity index (χ4v) is 2.83. The van der Waals surface area contributed by atoms with Crippen LogP contribution in [0.1, 0.15) is 43.0 Å². The van der Waals surface area contributed by atoms with Crippen molar-refractivity contribution in [1.82, 2.24) is 10.1 Å². The van der Waals surface area contributed by atoms with Crippen molar-refractivity contribution in [2.75, 3.05) is 7.11 Å². The molecule has 1 aliphatic carbocycles. The normalized spacial score (nSPS) is 17.0. The third-order valence-corrected chi connectivity index (χ3v) is 4.20. The second kappa shape index (κ2) is 5.85. The molecule has 3 rings (SSSR count). The average Bonchev–Trinajstić information content (AvgIpc) is 3.15. The van der Waals surface area contributed by atoms with E-state index in [1.165, 1.54) is 5.56 Å². The van der Waals surface area contributed by atoms with Crippen molar-refractivity contribution >= 4 is 0 Å². The summed E-state index contributed by atoms with van der Waals surface area (Å²) in [5, 5.41) is 4.08. The quantitative estimate of drug-likeness (QED) is 0.915. The third kappa shape index (κ3) is 3.08. The largest absolute Gasteiger partial charge is 0.497 e. The fourth-order valence-electron chi connectivity index (χ4n) is 2.83. The van der Waals surface area contributed by atoms with Crippen LogP contribution in [-0.4, -0.2) is 17.3 Å². The smallest absolute Gasteiger partial charge is 0.227 e. The van der Waals surface area contributed by atoms with Gasteiger partial charge in [-0.05, 0) is 37.0 Å². The average molecular weight is 287 g/mol. The molecule has 0 amide bonds. The monoisotopic (exact) mass is 287 g/mol. The number of rotatable bonds is 5. The molecule has 0 radical (unpaired) electrons. The highest BCUT2D eigenvalue weighted by molar-refractivity contribution is 5.27. The van der Waals surface area contributed by atoms with Crippen LogP contribution in [0, 0.1) is 0 Å². The number of aromatic nitrogens is 2. The molecule has 21 heavy (non-hydrogen) atoms. The topological polar surface area (TPSA) is 74.2 Å². The molecule has 1 aromatic carbocycles. The summed E-state index contributed by atoms with van der Waals surface area (Å²) in [7, 11) is 1.67. The molecule has 112 valence electrons. The number of hydrogen-bond acceptors (Lipinski definition) is 5. The maximum absolute atomic E-state index is 6.33. The van der Waals surface area contributed by atoms with Crippen molar-refractivity contribution in [3.8, 4) is 5.75 Å². The standard InChI is InChI=1S/C16H21N3O2/c1-20-13-7-4-12(5-8-13)6-9-14-18-15(19-21-14)16(17)10-2-3-11-16/h4-5,7-8H,2-3,6,9-11,17H2,1H3. The SMILES string of the molecule is COc1ccc(CCc2nc(C3(N)CCCC3)no2)cc1. The van der Waals surface area contributed by atoms with Crippen LogP contribution >= 0.6 is 0 Å². The van der Waals surface area contributed by atoms with Crippen molar-refractivity contribution < 1.29 is 9.26 Å². The molecule has 0 aliphatic heterocycles. The van der Waals surface area contributed by atoms with Gasteiger partial charge in [-0.3, -0.25) is 0 Å². The van der Waals surface area contributed by atoms with Gasteiger partial charge >= 0.3 is 0 Å². The second-order valence-corrected chi connectivity index (χ2v) is 5.72. The number of hydrogen-bond donors (Lipinski definition) is 1. The van der Waals surface area contributed by atoms with Gasteiger partial charge < -0.3 is 15.0 Å². The summed E-state index contributed by atoms with van der Waals surface area (Å²) >= 11 is 0. The summed E-state index contributed by atoms with van der Waals surface area (Å²) in [6, 6.07) is 8.03. The van der Waals surface area contributed by atoms with Crippen molar-refractivity contribution in [1.29, 1.82) is 0 Å². The Morgan fingerprint density at radius 1 is 1.19 bits per heavy atom. The van der Waals surface area contributed by atoms with Crippen LogP contribution in [0.25, 0.3) is 0 Å². The predicted molar refractivity (Wildman–Crippen MR) is 79.0 cm³/mol. The van der Waals surface area contributed by atoms with E-state index in [4.69, 9.17) is 15.0 Å². The highest BCUT2D eigenvalue weighted by atomic mass is 16.5. The molecule has 5 heteroatoms. The molecule has 0 bridgehead atoms. The van der Waals surface area contributed by atoms with E-state index in [9.17, 15) is 0 Å². The molecular formula is C16H21N3O2. The highest BCUT2D eigenvalue weighted by Crippen LogP contribution is 2.34. The van der Waals surface area contributed by atoms with Gasteiger partial charge in [0.25, 0.3) is 0 Å². The Kier molecular flexibility index (Phi) is 3.92. The molecule has 0 unspecified atom stereocenters. The highest BCUT2D eigenvalue weighted by Gasteiger charge is 2.35. The Hall–Kier alpha value is -1.88. The molecule has 1 aliphatic rings. The minimum atomic E-state index is -0.373. The van der Waals surface area contributed by atoms with Gasteiger partial charge in [0.1, 0.15) is 5.75 Å². The molecule has 0 atom stereocenters. The zero-order valence-electron chi connectivity index (χ0n) is 12.3. The molecule has 1 heterocycles. The summed E-state index contributed by atoms with van der Waals surface area (Å²) in [6.07, 6.45) is 5.78. The second-order valence-electron chi connectivity index (χ2n) is 5.72. The Labute approximate surface area is 124 Å². The fraction of sp³-hybridized carbons (Fsp3) is 0.500. The van der Waals surface area contributed by atoms with Crippen LogP contribution in [-0.2, 0) is 18.4 Å². The molecular weight excluding hydrogens is 266 g/mol. The zero-order chi connectivity index (χ0) is 14.7. The number of nitrogens with zero attached hydrogens (tertiary/aromatic N) is 2. The van der Waals surface area contributed by atoms with Gasteiger partial charge in [0, 0.05) is 6.42 Å². The zero-order valence-corrected chi connectivity index (χ0v) is 12.3. The van der Waals surface area contributed by atoms with Gasteiger partial charge in [0.2, 0.25) is 5.89 Å². The summed E-state index contributed by atoms with van der Waals surface area (Å²) in [5.41, 5.74) is 7.18. The molecule has 2 N–H and O–H groups in total. The summed E-state index contributed by atoms with van der Waals surface area (Å²) in [5.74, 6) is 2.20. The molecule has 1 aromatic heterocycles. The van der Waals surface area contributed by atoms with E-state index in [2.05, 4.69) is 22.3 Å². The molecule has 1 saturated carbocycles. The first-order valence-corrected chi connectivity index (χ1v) is 7.44. The van der Waals surface area contributed by atoms with Crippen LogP contribution in [0.4, 0.5) is 0 Å². The van der Waals surface area contributed by atoms with E-state index in [1.54, 1.807) is 7.11 Å². The lowest BCUT2D eigenvalue weighted by atomic mass is 9.99. The van der Waals surface area contributed by atoms with E-state index in [-0.39, 0.29) is 5.54 Å². The predicted octanol–water partition coefficient (Wildman–Crippen LogP) is 2.59. The maximum atomic E-state index is 6.33. The lowest BCUT2D eigenvalue weighted by Gasteiger charge is -2.17. The minimum absolute atomic E-state index is 0.373. The summed E-state index contributed by atoms with van der Waals surface area (Å²) in [6.45, 7) is 0. The molecule has 5 nitrogen and oxygen atoms in total. The van der Waals surface area contributed by atoms with Crippen molar-refractivity contribution in [3.63, 3.8) is 0 Å². The third-order valence-electron chi connectivity index (χ3n) is 4.20. The lowest BCUT2D eigenvalue weighted by Crippen LogP contribution is -2.34. The number of methoxy groups -OCH3 is 1. The van der Waals surface area contributed by atoms with Gasteiger partial charge in [0.05, 0.1) is 12.6 Å².